The van der Waals surface area contributed by atoms with Crippen molar-refractivity contribution in [3.8, 4) is 0 Å². The molecule has 0 bridgehead atoms. The smallest absolute Gasteiger partial charge is 0.235 e. The third-order valence-corrected chi connectivity index (χ3v) is 2.23. The predicted molar refractivity (Wildman–Crippen MR) is 50.8 cm³/mol. The summed E-state index contributed by atoms with van der Waals surface area (Å²) < 4.78 is 2.37. The van der Waals surface area contributed by atoms with Crippen molar-refractivity contribution in [1.82, 2.24) is 14.4 Å². The highest BCUT2D eigenvalue weighted by atomic mass is 79.9. The number of rotatable bonds is 1. The Labute approximate surface area is 82.7 Å². The summed E-state index contributed by atoms with van der Waals surface area (Å²) in [6.45, 7) is 1.78. The summed E-state index contributed by atoms with van der Waals surface area (Å²) in [6.07, 6.45) is 2.54. The molecule has 0 saturated carbocycles. The van der Waals surface area contributed by atoms with Gasteiger partial charge in [-0.25, -0.2) is 9.97 Å². The van der Waals surface area contributed by atoms with E-state index >= 15 is 0 Å². The number of halogens is 1. The molecule has 0 atom stereocenters. The van der Waals surface area contributed by atoms with Crippen LogP contribution in [0.3, 0.4) is 0 Å². The van der Waals surface area contributed by atoms with Gasteiger partial charge in [0.25, 0.3) is 0 Å². The van der Waals surface area contributed by atoms with Crippen molar-refractivity contribution in [2.45, 2.75) is 6.92 Å². The lowest BCUT2D eigenvalue weighted by atomic mass is 10.4. The molecular formula is C8H6BrN3O. The van der Waals surface area contributed by atoms with Crippen LogP contribution >= 0.6 is 15.9 Å². The van der Waals surface area contributed by atoms with E-state index in [1.54, 1.807) is 23.6 Å². The van der Waals surface area contributed by atoms with E-state index in [9.17, 15) is 4.79 Å². The first-order valence-electron chi connectivity index (χ1n) is 3.69. The molecule has 0 amide bonds. The maximum Gasteiger partial charge on any atom is 0.235 e. The topological polar surface area (TPSA) is 47.3 Å². The van der Waals surface area contributed by atoms with Crippen LogP contribution in [0.5, 0.6) is 0 Å². The molecule has 0 unspecified atom stereocenters. The second-order valence-electron chi connectivity index (χ2n) is 2.62. The minimum Gasteiger partial charge on any atom is -0.296 e. The highest BCUT2D eigenvalue weighted by Gasteiger charge is 2.07. The van der Waals surface area contributed by atoms with Crippen LogP contribution < -0.4 is 0 Å². The van der Waals surface area contributed by atoms with Crippen molar-refractivity contribution < 1.29 is 4.79 Å². The summed E-state index contributed by atoms with van der Waals surface area (Å²) in [5.41, 5.74) is 1.25. The zero-order valence-corrected chi connectivity index (χ0v) is 8.45. The molecule has 0 aliphatic rings. The van der Waals surface area contributed by atoms with Gasteiger partial charge >= 0.3 is 0 Å². The fourth-order valence-corrected chi connectivity index (χ4v) is 1.46. The molecule has 2 rings (SSSR count). The number of imidazole rings is 1. The Balaban J connectivity index is 2.86. The molecule has 13 heavy (non-hydrogen) atoms. The fraction of sp³-hybridized carbons (Fsp3) is 0.125. The Morgan fingerprint density at radius 2 is 2.31 bits per heavy atom. The number of nitrogens with zero attached hydrogens (tertiary/aromatic N) is 3. The van der Waals surface area contributed by atoms with E-state index in [0.717, 1.165) is 6.29 Å². The van der Waals surface area contributed by atoms with Crippen LogP contribution in [-0.2, 0) is 0 Å². The Morgan fingerprint density at radius 1 is 1.54 bits per heavy atom. The first kappa shape index (κ1) is 8.37. The SMILES string of the molecule is Cc1nc2nc(Br)ccn2c1C=O. The predicted octanol–water partition coefficient (Wildman–Crippen LogP) is 1.61. The molecule has 0 fully saturated rings. The molecule has 0 spiro atoms. The first-order chi connectivity index (χ1) is 6.22. The van der Waals surface area contributed by atoms with Crippen molar-refractivity contribution in [3.05, 3.63) is 28.3 Å². The van der Waals surface area contributed by atoms with Crippen molar-refractivity contribution in [2.75, 3.05) is 0 Å². The number of aldehydes is 1. The van der Waals surface area contributed by atoms with Gasteiger partial charge in [0, 0.05) is 6.20 Å². The third kappa shape index (κ3) is 1.25. The summed E-state index contributed by atoms with van der Waals surface area (Å²) in [4.78, 5) is 18.9. The number of fused-ring (bicyclic) bond motifs is 1. The Hall–Kier alpha value is -1.23. The Morgan fingerprint density at radius 3 is 3.00 bits per heavy atom. The van der Waals surface area contributed by atoms with Crippen LogP contribution in [0.4, 0.5) is 0 Å². The van der Waals surface area contributed by atoms with Gasteiger partial charge in [0.15, 0.2) is 6.29 Å². The lowest BCUT2D eigenvalue weighted by Crippen LogP contribution is -1.93. The minimum atomic E-state index is 0.536. The van der Waals surface area contributed by atoms with Crippen molar-refractivity contribution in [1.29, 1.82) is 0 Å². The molecule has 4 nitrogen and oxygen atoms in total. The van der Waals surface area contributed by atoms with Gasteiger partial charge < -0.3 is 0 Å². The molecule has 66 valence electrons. The van der Waals surface area contributed by atoms with Gasteiger partial charge in [-0.15, -0.1) is 0 Å². The average molecular weight is 240 g/mol. The second kappa shape index (κ2) is 2.92. The van der Waals surface area contributed by atoms with Gasteiger partial charge in [-0.1, -0.05) is 0 Å². The van der Waals surface area contributed by atoms with Crippen LogP contribution in [0.1, 0.15) is 16.2 Å². The van der Waals surface area contributed by atoms with Crippen LogP contribution in [0.15, 0.2) is 16.9 Å². The summed E-state index contributed by atoms with van der Waals surface area (Å²) in [5.74, 6) is 0.536. The standard InChI is InChI=1S/C8H6BrN3O/c1-5-6(4-13)12-3-2-7(9)11-8(12)10-5/h2-4H,1H3. The van der Waals surface area contributed by atoms with Gasteiger partial charge in [0.1, 0.15) is 10.3 Å². The van der Waals surface area contributed by atoms with Crippen LogP contribution in [0, 0.1) is 6.92 Å². The van der Waals surface area contributed by atoms with E-state index in [2.05, 4.69) is 25.9 Å². The lowest BCUT2D eigenvalue weighted by Gasteiger charge is -1.93. The van der Waals surface area contributed by atoms with Crippen LogP contribution in [0.25, 0.3) is 5.78 Å². The molecular weight excluding hydrogens is 234 g/mol. The maximum atomic E-state index is 10.7. The molecule has 0 N–H and O–H groups in total. The highest BCUT2D eigenvalue weighted by molar-refractivity contribution is 9.10. The summed E-state index contributed by atoms with van der Waals surface area (Å²) in [7, 11) is 0. The zero-order valence-electron chi connectivity index (χ0n) is 6.86. The van der Waals surface area contributed by atoms with E-state index in [1.807, 2.05) is 0 Å². The van der Waals surface area contributed by atoms with Crippen molar-refractivity contribution >= 4 is 28.0 Å². The number of aryl methyl sites for hydroxylation is 1. The number of hydrogen-bond acceptors (Lipinski definition) is 3. The molecule has 2 heterocycles. The highest BCUT2D eigenvalue weighted by Crippen LogP contribution is 2.11. The second-order valence-corrected chi connectivity index (χ2v) is 3.43. The molecule has 0 aromatic carbocycles. The normalized spacial score (nSPS) is 10.6. The van der Waals surface area contributed by atoms with Crippen molar-refractivity contribution in [3.63, 3.8) is 0 Å². The quantitative estimate of drug-likeness (QED) is 0.562. The summed E-state index contributed by atoms with van der Waals surface area (Å²) in [5, 5.41) is 0. The molecule has 0 radical (unpaired) electrons. The molecule has 0 aliphatic heterocycles. The van der Waals surface area contributed by atoms with E-state index in [1.165, 1.54) is 0 Å². The average Bonchev–Trinajstić information content (AvgIpc) is 2.39. The summed E-state index contributed by atoms with van der Waals surface area (Å²) >= 11 is 3.24. The monoisotopic (exact) mass is 239 g/mol. The number of carbonyl (C=O) groups is 1. The fourth-order valence-electron chi connectivity index (χ4n) is 1.18. The van der Waals surface area contributed by atoms with Gasteiger partial charge in [-0.05, 0) is 28.9 Å². The van der Waals surface area contributed by atoms with Gasteiger partial charge in [0.2, 0.25) is 5.78 Å². The number of aromatic nitrogens is 3. The van der Waals surface area contributed by atoms with Crippen LogP contribution in [0.2, 0.25) is 0 Å². The van der Waals surface area contributed by atoms with E-state index in [0.29, 0.717) is 21.8 Å². The van der Waals surface area contributed by atoms with Gasteiger partial charge in [-0.2, -0.15) is 0 Å². The van der Waals surface area contributed by atoms with Crippen molar-refractivity contribution in [2.24, 2.45) is 0 Å². The van der Waals surface area contributed by atoms with Crippen LogP contribution in [-0.4, -0.2) is 20.7 Å². The first-order valence-corrected chi connectivity index (χ1v) is 4.48. The molecule has 2 aromatic heterocycles. The molecule has 0 aliphatic carbocycles. The number of hydrogen-bond donors (Lipinski definition) is 0. The minimum absolute atomic E-state index is 0.536. The molecule has 5 heteroatoms. The van der Waals surface area contributed by atoms with E-state index in [-0.39, 0.29) is 0 Å². The third-order valence-electron chi connectivity index (χ3n) is 1.79. The molecule has 2 aromatic rings. The zero-order chi connectivity index (χ0) is 9.42. The van der Waals surface area contributed by atoms with Gasteiger partial charge in [-0.3, -0.25) is 9.20 Å². The Kier molecular flexibility index (Phi) is 1.88. The molecule has 0 saturated heterocycles. The van der Waals surface area contributed by atoms with Gasteiger partial charge in [0.05, 0.1) is 5.69 Å². The summed E-state index contributed by atoms with van der Waals surface area (Å²) in [6, 6.07) is 1.76. The Bertz CT molecular complexity index is 477. The van der Waals surface area contributed by atoms with E-state index < -0.39 is 0 Å². The van der Waals surface area contributed by atoms with E-state index in [4.69, 9.17) is 0 Å². The maximum absolute atomic E-state index is 10.7. The largest absolute Gasteiger partial charge is 0.296 e. The lowest BCUT2D eigenvalue weighted by molar-refractivity contribution is 0.111. The number of carbonyl (C=O) groups excluding carboxylic acids is 1.